The molecule has 0 spiro atoms. The van der Waals surface area contributed by atoms with Crippen molar-refractivity contribution in [1.29, 1.82) is 0 Å². The Balaban J connectivity index is 2.08. The van der Waals surface area contributed by atoms with Gasteiger partial charge in [0.15, 0.2) is 0 Å². The van der Waals surface area contributed by atoms with Crippen LogP contribution in [-0.4, -0.2) is 23.3 Å². The summed E-state index contributed by atoms with van der Waals surface area (Å²) in [5.41, 5.74) is 1.58. The number of carbonyl (C=O) groups excluding carboxylic acids is 2. The number of nitrogens with zero attached hydrogens (tertiary/aromatic N) is 1. The van der Waals surface area contributed by atoms with E-state index in [0.717, 1.165) is 4.90 Å². The number of anilines is 1. The normalized spacial score (nSPS) is 14.3. The van der Waals surface area contributed by atoms with Crippen molar-refractivity contribution in [3.8, 4) is 0 Å². The molecule has 0 fully saturated rings. The van der Waals surface area contributed by atoms with E-state index >= 15 is 0 Å². The molecule has 0 atom stereocenters. The Morgan fingerprint density at radius 3 is 2.29 bits per heavy atom. The van der Waals surface area contributed by atoms with Crippen molar-refractivity contribution in [3.05, 3.63) is 84.3 Å². The molecule has 3 rings (SSSR count). The van der Waals surface area contributed by atoms with Gasteiger partial charge >= 0.3 is 0 Å². The zero-order chi connectivity index (χ0) is 17.1. The van der Waals surface area contributed by atoms with Gasteiger partial charge in [-0.1, -0.05) is 36.4 Å². The van der Waals surface area contributed by atoms with Gasteiger partial charge in [-0.3, -0.25) is 14.5 Å². The summed E-state index contributed by atoms with van der Waals surface area (Å²) < 4.78 is 13.2. The van der Waals surface area contributed by atoms with E-state index in [-0.39, 0.29) is 17.8 Å². The lowest BCUT2D eigenvalue weighted by atomic mass is 10.0. The lowest BCUT2D eigenvalue weighted by molar-refractivity contribution is -0.136. The smallest absolute Gasteiger partial charge is 0.278 e. The fourth-order valence-corrected chi connectivity index (χ4v) is 2.54. The average Bonchev–Trinajstić information content (AvgIpc) is 2.82. The molecule has 1 heterocycles. The predicted octanol–water partition coefficient (Wildman–Crippen LogP) is 3.20. The van der Waals surface area contributed by atoms with Gasteiger partial charge in [0.1, 0.15) is 11.5 Å². The first-order valence-corrected chi connectivity index (χ1v) is 7.41. The monoisotopic (exact) mass is 322 g/mol. The van der Waals surface area contributed by atoms with Crippen molar-refractivity contribution >= 4 is 23.1 Å². The molecular formula is C19H15FN2O2. The molecule has 0 saturated carbocycles. The number of amides is 2. The Labute approximate surface area is 138 Å². The molecule has 1 aliphatic rings. The van der Waals surface area contributed by atoms with Crippen LogP contribution in [0.3, 0.4) is 0 Å². The first kappa shape index (κ1) is 15.7. The minimum absolute atomic E-state index is 0.113. The molecule has 2 aromatic carbocycles. The molecule has 1 N–H and O–H groups in total. The van der Waals surface area contributed by atoms with E-state index in [1.54, 1.807) is 12.1 Å². The number of halogens is 1. The first-order chi connectivity index (χ1) is 11.6. The Kier molecular flexibility index (Phi) is 4.24. The molecule has 5 heteroatoms. The maximum absolute atomic E-state index is 13.2. The Morgan fingerprint density at radius 1 is 1.00 bits per heavy atom. The molecule has 120 valence electrons. The van der Waals surface area contributed by atoms with Crippen molar-refractivity contribution in [1.82, 2.24) is 4.90 Å². The summed E-state index contributed by atoms with van der Waals surface area (Å²) in [6.45, 7) is 3.69. The van der Waals surface area contributed by atoms with Gasteiger partial charge in [0.25, 0.3) is 11.8 Å². The molecule has 2 aromatic rings. The van der Waals surface area contributed by atoms with Crippen LogP contribution in [0.25, 0.3) is 5.57 Å². The Morgan fingerprint density at radius 2 is 1.67 bits per heavy atom. The van der Waals surface area contributed by atoms with E-state index in [2.05, 4.69) is 11.9 Å². The van der Waals surface area contributed by atoms with Crippen LogP contribution in [0, 0.1) is 5.82 Å². The number of hydrogen-bond acceptors (Lipinski definition) is 3. The van der Waals surface area contributed by atoms with Gasteiger partial charge in [0.05, 0.1) is 5.57 Å². The first-order valence-electron chi connectivity index (χ1n) is 7.41. The maximum Gasteiger partial charge on any atom is 0.278 e. The van der Waals surface area contributed by atoms with Crippen LogP contribution in [0.4, 0.5) is 10.1 Å². The molecule has 0 saturated heterocycles. The fourth-order valence-electron chi connectivity index (χ4n) is 2.54. The third-order valence-electron chi connectivity index (χ3n) is 3.66. The minimum atomic E-state index is -0.428. The summed E-state index contributed by atoms with van der Waals surface area (Å²) in [5.74, 6) is -1.26. The maximum atomic E-state index is 13.2. The molecule has 0 radical (unpaired) electrons. The van der Waals surface area contributed by atoms with E-state index in [1.807, 2.05) is 18.2 Å². The van der Waals surface area contributed by atoms with Crippen molar-refractivity contribution in [2.45, 2.75) is 0 Å². The topological polar surface area (TPSA) is 49.4 Å². The Hall–Kier alpha value is -3.21. The Bertz CT molecular complexity index is 826. The number of imide groups is 1. The quantitative estimate of drug-likeness (QED) is 0.679. The summed E-state index contributed by atoms with van der Waals surface area (Å²) in [7, 11) is 0. The van der Waals surface area contributed by atoms with Crippen LogP contribution in [0.1, 0.15) is 5.56 Å². The van der Waals surface area contributed by atoms with Gasteiger partial charge in [0, 0.05) is 12.2 Å². The highest BCUT2D eigenvalue weighted by Gasteiger charge is 2.38. The molecule has 4 nitrogen and oxygen atoms in total. The van der Waals surface area contributed by atoms with Crippen LogP contribution in [0.5, 0.6) is 0 Å². The van der Waals surface area contributed by atoms with Crippen molar-refractivity contribution < 1.29 is 14.0 Å². The zero-order valence-electron chi connectivity index (χ0n) is 12.8. The highest BCUT2D eigenvalue weighted by Crippen LogP contribution is 2.30. The largest absolute Gasteiger partial charge is 0.350 e. The summed E-state index contributed by atoms with van der Waals surface area (Å²) in [6.07, 6.45) is 1.49. The molecule has 0 aliphatic carbocycles. The summed E-state index contributed by atoms with van der Waals surface area (Å²) >= 11 is 0. The average molecular weight is 322 g/mol. The van der Waals surface area contributed by atoms with Gasteiger partial charge < -0.3 is 5.32 Å². The second kappa shape index (κ2) is 6.50. The van der Waals surface area contributed by atoms with Crippen LogP contribution in [0.2, 0.25) is 0 Å². The van der Waals surface area contributed by atoms with E-state index in [0.29, 0.717) is 11.3 Å². The number of para-hydroxylation sites is 1. The standard InChI is InChI=1S/C19H15FN2O2/c1-2-12-22-18(23)16(13-8-10-14(20)11-9-13)17(19(22)24)21-15-6-4-3-5-7-15/h2-11,21H,1,12H2. The van der Waals surface area contributed by atoms with Crippen LogP contribution in [-0.2, 0) is 9.59 Å². The number of nitrogens with one attached hydrogen (secondary N) is 1. The van der Waals surface area contributed by atoms with Gasteiger partial charge in [0.2, 0.25) is 0 Å². The zero-order valence-corrected chi connectivity index (χ0v) is 12.8. The summed E-state index contributed by atoms with van der Waals surface area (Å²) in [5, 5.41) is 3.01. The molecule has 0 unspecified atom stereocenters. The van der Waals surface area contributed by atoms with Crippen molar-refractivity contribution in [2.75, 3.05) is 11.9 Å². The van der Waals surface area contributed by atoms with Crippen LogP contribution < -0.4 is 5.32 Å². The number of hydrogen-bond donors (Lipinski definition) is 1. The summed E-state index contributed by atoms with van der Waals surface area (Å²) in [6, 6.07) is 14.6. The van der Waals surface area contributed by atoms with E-state index in [1.165, 1.54) is 30.3 Å². The second-order valence-corrected chi connectivity index (χ2v) is 5.26. The lowest BCUT2D eigenvalue weighted by Crippen LogP contribution is -2.32. The molecule has 0 aromatic heterocycles. The predicted molar refractivity (Wildman–Crippen MR) is 90.3 cm³/mol. The number of carbonyl (C=O) groups is 2. The van der Waals surface area contributed by atoms with Crippen molar-refractivity contribution in [3.63, 3.8) is 0 Å². The van der Waals surface area contributed by atoms with E-state index in [4.69, 9.17) is 0 Å². The number of rotatable bonds is 5. The van der Waals surface area contributed by atoms with Crippen LogP contribution >= 0.6 is 0 Å². The third kappa shape index (κ3) is 2.84. The highest BCUT2D eigenvalue weighted by atomic mass is 19.1. The molecule has 0 bridgehead atoms. The SMILES string of the molecule is C=CCN1C(=O)C(Nc2ccccc2)=C(c2ccc(F)cc2)C1=O. The molecule has 24 heavy (non-hydrogen) atoms. The molecule has 2 amide bonds. The highest BCUT2D eigenvalue weighted by molar-refractivity contribution is 6.36. The lowest BCUT2D eigenvalue weighted by Gasteiger charge is -2.12. The minimum Gasteiger partial charge on any atom is -0.350 e. The van der Waals surface area contributed by atoms with Gasteiger partial charge in [-0.25, -0.2) is 4.39 Å². The van der Waals surface area contributed by atoms with E-state index in [9.17, 15) is 14.0 Å². The van der Waals surface area contributed by atoms with Gasteiger partial charge in [-0.2, -0.15) is 0 Å². The van der Waals surface area contributed by atoms with E-state index < -0.39 is 17.6 Å². The molecular weight excluding hydrogens is 307 g/mol. The third-order valence-corrected chi connectivity index (χ3v) is 3.66. The van der Waals surface area contributed by atoms with Crippen LogP contribution in [0.15, 0.2) is 72.9 Å². The second-order valence-electron chi connectivity index (χ2n) is 5.26. The van der Waals surface area contributed by atoms with Crippen molar-refractivity contribution in [2.24, 2.45) is 0 Å². The fraction of sp³-hybridized carbons (Fsp3) is 0.0526. The van der Waals surface area contributed by atoms with Gasteiger partial charge in [-0.15, -0.1) is 6.58 Å². The number of benzene rings is 2. The summed E-state index contributed by atoms with van der Waals surface area (Å²) in [4.78, 5) is 26.4. The van der Waals surface area contributed by atoms with Gasteiger partial charge in [-0.05, 0) is 29.8 Å². The molecule has 1 aliphatic heterocycles.